The first-order chi connectivity index (χ1) is 18.9. The summed E-state index contributed by atoms with van der Waals surface area (Å²) in [6, 6.07) is 12.1. The normalized spacial score (nSPS) is 11.6. The van der Waals surface area contributed by atoms with Crippen molar-refractivity contribution in [1.29, 1.82) is 0 Å². The van der Waals surface area contributed by atoms with Crippen molar-refractivity contribution in [2.24, 2.45) is 0 Å². The van der Waals surface area contributed by atoms with Gasteiger partial charge < -0.3 is 10.1 Å². The molecule has 214 valence electrons. The van der Waals surface area contributed by atoms with Crippen molar-refractivity contribution in [2.75, 3.05) is 12.9 Å². The zero-order chi connectivity index (χ0) is 29.3. The van der Waals surface area contributed by atoms with Gasteiger partial charge in [0.05, 0.1) is 12.8 Å². The number of nitrogens with one attached hydrogen (secondary N) is 1. The molecule has 0 spiro atoms. The third kappa shape index (κ3) is 18.3. The van der Waals surface area contributed by atoms with E-state index in [2.05, 4.69) is 94.2 Å². The van der Waals surface area contributed by atoms with Crippen LogP contribution in [0.2, 0.25) is 0 Å². The summed E-state index contributed by atoms with van der Waals surface area (Å²) in [5, 5.41) is 6.25. The Morgan fingerprint density at radius 2 is 1.90 bits per heavy atom. The maximum atomic E-state index is 5.23. The van der Waals surface area contributed by atoms with E-state index in [-0.39, 0.29) is 0 Å². The van der Waals surface area contributed by atoms with Gasteiger partial charge in [-0.25, -0.2) is 0 Å². The van der Waals surface area contributed by atoms with E-state index in [1.54, 1.807) is 7.11 Å². The lowest BCUT2D eigenvalue weighted by Gasteiger charge is -2.11. The van der Waals surface area contributed by atoms with Crippen LogP contribution in [0.5, 0.6) is 5.75 Å². The fraction of sp³-hybridized carbons (Fsp3) is 0.382. The molecule has 0 amide bonds. The molecule has 0 saturated heterocycles. The standard InChI is InChI=1S/C16H21NO.C11H15NS.C7H14S/c1-5-7-8-15(6-2)17-12-14-11-16(18-4)10-9-13(14)3;1-3-7-11(13-4-2)10-8-5-6-9-12-10;1-4-5-6-8-7(2)3/h5-11,17H,2,12H2,1,3-4H3;5-9H,3-4H2,1-2H3;5-7H,4H2,1-3H3/b7-5-,15-8+;11-7-;6-5-. The average Bonchev–Trinajstić information content (AvgIpc) is 2.95. The van der Waals surface area contributed by atoms with Gasteiger partial charge in [0.25, 0.3) is 0 Å². The SMILES string of the molecule is C=C/C(=C\C=C/C)NCc1cc(OC)ccc1C.CC/C=C(\SCC)c1ccccn1.CC/C=C\SC(C)C. The predicted molar refractivity (Wildman–Crippen MR) is 180 cm³/mol. The molecule has 3 nitrogen and oxygen atoms in total. The number of nitrogens with zero attached hydrogens (tertiary/aromatic N) is 1. The largest absolute Gasteiger partial charge is 0.497 e. The fourth-order valence-electron chi connectivity index (χ4n) is 2.96. The molecule has 0 atom stereocenters. The van der Waals surface area contributed by atoms with Gasteiger partial charge in [0.15, 0.2) is 0 Å². The van der Waals surface area contributed by atoms with Gasteiger partial charge in [-0.05, 0) is 85.4 Å². The third-order valence-electron chi connectivity index (χ3n) is 5.02. The molecular weight excluding hydrogens is 517 g/mol. The van der Waals surface area contributed by atoms with Crippen LogP contribution in [-0.4, -0.2) is 23.1 Å². The maximum Gasteiger partial charge on any atom is 0.119 e. The maximum absolute atomic E-state index is 5.23. The highest BCUT2D eigenvalue weighted by atomic mass is 32.2. The van der Waals surface area contributed by atoms with Crippen molar-refractivity contribution >= 4 is 28.4 Å². The molecule has 0 unspecified atom stereocenters. The van der Waals surface area contributed by atoms with Gasteiger partial charge in [0, 0.05) is 28.6 Å². The summed E-state index contributed by atoms with van der Waals surface area (Å²) in [5.74, 6) is 1.98. The van der Waals surface area contributed by atoms with Crippen LogP contribution in [0.3, 0.4) is 0 Å². The van der Waals surface area contributed by atoms with Crippen LogP contribution in [0.1, 0.15) is 71.2 Å². The Kier molecular flexibility index (Phi) is 22.8. The Morgan fingerprint density at radius 3 is 2.44 bits per heavy atom. The first-order valence-electron chi connectivity index (χ1n) is 13.7. The summed E-state index contributed by atoms with van der Waals surface area (Å²) >= 11 is 3.73. The molecule has 0 saturated carbocycles. The van der Waals surface area contributed by atoms with Gasteiger partial charge in [-0.3, -0.25) is 4.98 Å². The second-order valence-electron chi connectivity index (χ2n) is 8.59. The van der Waals surface area contributed by atoms with Gasteiger partial charge in [0.2, 0.25) is 0 Å². The van der Waals surface area contributed by atoms with Crippen molar-refractivity contribution in [3.63, 3.8) is 0 Å². The number of pyridine rings is 1. The van der Waals surface area contributed by atoms with Crippen molar-refractivity contribution in [3.05, 3.63) is 114 Å². The van der Waals surface area contributed by atoms with Crippen LogP contribution in [0, 0.1) is 6.92 Å². The Bertz CT molecular complexity index is 1020. The molecule has 0 radical (unpaired) electrons. The molecule has 1 aromatic carbocycles. The van der Waals surface area contributed by atoms with Crippen molar-refractivity contribution < 1.29 is 4.74 Å². The van der Waals surface area contributed by atoms with E-state index in [4.69, 9.17) is 4.74 Å². The third-order valence-corrected chi connectivity index (χ3v) is 6.89. The highest BCUT2D eigenvalue weighted by molar-refractivity contribution is 8.08. The molecule has 1 heterocycles. The van der Waals surface area contributed by atoms with Crippen molar-refractivity contribution in [1.82, 2.24) is 10.3 Å². The Labute approximate surface area is 248 Å². The molecule has 0 aliphatic rings. The molecule has 2 rings (SSSR count). The first kappa shape index (κ1) is 36.4. The summed E-state index contributed by atoms with van der Waals surface area (Å²) in [6.07, 6.45) is 16.3. The summed E-state index contributed by atoms with van der Waals surface area (Å²) in [6.45, 7) is 19.5. The molecule has 39 heavy (non-hydrogen) atoms. The molecule has 0 aliphatic carbocycles. The van der Waals surface area contributed by atoms with E-state index < -0.39 is 0 Å². The molecule has 0 fully saturated rings. The number of aromatic nitrogens is 1. The molecular formula is C34H50N2OS2. The fourth-order valence-corrected chi connectivity index (χ4v) is 4.44. The number of benzene rings is 1. The number of methoxy groups -OCH3 is 1. The summed E-state index contributed by atoms with van der Waals surface area (Å²) in [5.41, 5.74) is 4.58. The Balaban J connectivity index is 0.000000602. The van der Waals surface area contributed by atoms with Crippen LogP contribution in [0.4, 0.5) is 0 Å². The van der Waals surface area contributed by atoms with Crippen LogP contribution in [0.25, 0.3) is 4.91 Å². The lowest BCUT2D eigenvalue weighted by molar-refractivity contribution is 0.414. The predicted octanol–water partition coefficient (Wildman–Crippen LogP) is 10.4. The summed E-state index contributed by atoms with van der Waals surface area (Å²) < 4.78 is 5.23. The van der Waals surface area contributed by atoms with Gasteiger partial charge >= 0.3 is 0 Å². The van der Waals surface area contributed by atoms with Crippen LogP contribution in [0.15, 0.2) is 96.7 Å². The Hall–Kier alpha value is -2.63. The van der Waals surface area contributed by atoms with Gasteiger partial charge in [-0.2, -0.15) is 0 Å². The monoisotopic (exact) mass is 566 g/mol. The Morgan fingerprint density at radius 1 is 1.13 bits per heavy atom. The zero-order valence-electron chi connectivity index (χ0n) is 25.4. The van der Waals surface area contributed by atoms with Crippen molar-refractivity contribution in [3.8, 4) is 5.75 Å². The van der Waals surface area contributed by atoms with Gasteiger partial charge in [0.1, 0.15) is 5.75 Å². The second-order valence-corrected chi connectivity index (χ2v) is 11.4. The lowest BCUT2D eigenvalue weighted by atomic mass is 10.1. The number of hydrogen-bond acceptors (Lipinski definition) is 5. The number of aryl methyl sites for hydroxylation is 1. The van der Waals surface area contributed by atoms with E-state index in [0.717, 1.165) is 47.5 Å². The second kappa shape index (κ2) is 24.4. The number of allylic oxidation sites excluding steroid dienone is 6. The van der Waals surface area contributed by atoms with Crippen LogP contribution >= 0.6 is 23.5 Å². The summed E-state index contributed by atoms with van der Waals surface area (Å²) in [4.78, 5) is 5.62. The highest BCUT2D eigenvalue weighted by Gasteiger charge is 2.01. The molecule has 5 heteroatoms. The van der Waals surface area contributed by atoms with Crippen LogP contribution < -0.4 is 10.1 Å². The number of thioether (sulfide) groups is 2. The number of ether oxygens (including phenoxy) is 1. The number of hydrogen-bond donors (Lipinski definition) is 1. The zero-order valence-corrected chi connectivity index (χ0v) is 27.0. The highest BCUT2D eigenvalue weighted by Crippen LogP contribution is 2.25. The smallest absolute Gasteiger partial charge is 0.119 e. The van der Waals surface area contributed by atoms with Gasteiger partial charge in [-0.1, -0.05) is 77.6 Å². The van der Waals surface area contributed by atoms with E-state index >= 15 is 0 Å². The quantitative estimate of drug-likeness (QED) is 0.244. The molecule has 1 N–H and O–H groups in total. The minimum absolute atomic E-state index is 0.734. The minimum Gasteiger partial charge on any atom is -0.497 e. The molecule has 2 aromatic rings. The van der Waals surface area contributed by atoms with Gasteiger partial charge in [-0.15, -0.1) is 23.5 Å². The number of rotatable bonds is 13. The first-order valence-corrected chi connectivity index (χ1v) is 15.7. The lowest BCUT2D eigenvalue weighted by Crippen LogP contribution is -2.12. The van der Waals surface area contributed by atoms with Crippen LogP contribution in [-0.2, 0) is 6.54 Å². The van der Waals surface area contributed by atoms with E-state index in [9.17, 15) is 0 Å². The molecule has 0 bridgehead atoms. The summed E-state index contributed by atoms with van der Waals surface area (Å²) in [7, 11) is 1.68. The molecule has 1 aromatic heterocycles. The topological polar surface area (TPSA) is 34.1 Å². The van der Waals surface area contributed by atoms with E-state index in [1.165, 1.54) is 16.0 Å². The van der Waals surface area contributed by atoms with E-state index in [0.29, 0.717) is 0 Å². The minimum atomic E-state index is 0.734. The van der Waals surface area contributed by atoms with E-state index in [1.807, 2.05) is 79.1 Å². The molecule has 0 aliphatic heterocycles. The average molecular weight is 567 g/mol. The van der Waals surface area contributed by atoms with Crippen molar-refractivity contribution in [2.45, 2.75) is 73.1 Å².